The maximum Gasteiger partial charge on any atom is 0.355 e. The maximum atomic E-state index is 11.5. The summed E-state index contributed by atoms with van der Waals surface area (Å²) in [6.07, 6.45) is 13.3. The summed E-state index contributed by atoms with van der Waals surface area (Å²) < 4.78 is 5.77. The van der Waals surface area contributed by atoms with E-state index < -0.39 is 5.97 Å². The van der Waals surface area contributed by atoms with Crippen LogP contribution in [0, 0.1) is 5.92 Å². The Bertz CT molecular complexity index is 1500. The van der Waals surface area contributed by atoms with Gasteiger partial charge in [-0.25, -0.2) is 9.78 Å². The highest BCUT2D eigenvalue weighted by Crippen LogP contribution is 2.46. The van der Waals surface area contributed by atoms with Gasteiger partial charge in [-0.05, 0) is 61.3 Å². The number of anilines is 1. The summed E-state index contributed by atoms with van der Waals surface area (Å²) in [5.74, 6) is 0.698. The van der Waals surface area contributed by atoms with E-state index in [0.717, 1.165) is 61.2 Å². The number of rotatable bonds is 6. The van der Waals surface area contributed by atoms with Gasteiger partial charge in [0, 0.05) is 59.8 Å². The Morgan fingerprint density at radius 3 is 2.54 bits per heavy atom. The summed E-state index contributed by atoms with van der Waals surface area (Å²) >= 11 is 12.9. The number of aromatic nitrogens is 3. The highest BCUT2D eigenvalue weighted by Gasteiger charge is 2.33. The van der Waals surface area contributed by atoms with E-state index in [4.69, 9.17) is 27.7 Å². The number of benzene rings is 1. The third-order valence-corrected chi connectivity index (χ3v) is 7.76. The van der Waals surface area contributed by atoms with Crippen LogP contribution in [-0.2, 0) is 0 Å². The van der Waals surface area contributed by atoms with Crippen molar-refractivity contribution in [1.82, 2.24) is 15.1 Å². The highest BCUT2D eigenvalue weighted by atomic mass is 35.5. The molecule has 0 amide bonds. The molecule has 3 aromatic heterocycles. The van der Waals surface area contributed by atoms with Crippen molar-refractivity contribution < 1.29 is 14.4 Å². The normalized spacial score (nSPS) is 16.6. The predicted octanol–water partition coefficient (Wildman–Crippen LogP) is 7.10. The summed E-state index contributed by atoms with van der Waals surface area (Å²) in [5.41, 5.74) is 3.45. The van der Waals surface area contributed by atoms with Crippen LogP contribution in [0.15, 0.2) is 53.5 Å². The van der Waals surface area contributed by atoms with E-state index in [2.05, 4.69) is 32.2 Å². The van der Waals surface area contributed by atoms with Gasteiger partial charge >= 0.3 is 5.97 Å². The first kappa shape index (κ1) is 23.9. The third kappa shape index (κ3) is 4.69. The van der Waals surface area contributed by atoms with Gasteiger partial charge in [-0.3, -0.25) is 4.98 Å². The average Bonchev–Trinajstić information content (AvgIpc) is 3.67. The second-order valence-corrected chi connectivity index (χ2v) is 10.4. The molecule has 0 radical (unpaired) electrons. The van der Waals surface area contributed by atoms with E-state index in [9.17, 15) is 9.90 Å². The smallest absolute Gasteiger partial charge is 0.355 e. The van der Waals surface area contributed by atoms with Gasteiger partial charge in [0.2, 0.25) is 0 Å². The molecular weight excluding hydrogens is 511 g/mol. The van der Waals surface area contributed by atoms with E-state index in [-0.39, 0.29) is 5.69 Å². The molecule has 4 aromatic rings. The second-order valence-electron chi connectivity index (χ2n) is 9.62. The number of carboxylic acid groups (broad SMARTS) is 1. The van der Waals surface area contributed by atoms with Gasteiger partial charge in [-0.15, -0.1) is 0 Å². The van der Waals surface area contributed by atoms with Crippen molar-refractivity contribution in [2.75, 3.05) is 18.0 Å². The lowest BCUT2D eigenvalue weighted by Crippen LogP contribution is -2.33. The summed E-state index contributed by atoms with van der Waals surface area (Å²) in [6, 6.07) is 7.75. The first-order valence-corrected chi connectivity index (χ1v) is 13.1. The number of pyridine rings is 2. The number of piperidine rings is 1. The number of fused-ring (bicyclic) bond motifs is 1. The standard InChI is InChI=1S/C28H24Cl2N4O3/c29-22-14-31-15-23(30)24(22)25-21(27(37-33-25)17-2-3-17)5-1-16-8-11-34(12-9-16)19-4-6-20-18(13-19)7-10-32-26(20)28(35)36/h1,4-7,10,13-17H,2-3,8-9,11-12H2,(H,35,36). The fraction of sp³-hybridized carbons (Fsp3) is 0.286. The molecule has 0 spiro atoms. The van der Waals surface area contributed by atoms with Crippen molar-refractivity contribution in [3.05, 3.63) is 76.0 Å². The van der Waals surface area contributed by atoms with Gasteiger partial charge in [-0.1, -0.05) is 40.5 Å². The molecule has 37 heavy (non-hydrogen) atoms. The quantitative estimate of drug-likeness (QED) is 0.282. The number of nitrogens with zero attached hydrogens (tertiary/aromatic N) is 4. The fourth-order valence-electron chi connectivity index (χ4n) is 5.04. The summed E-state index contributed by atoms with van der Waals surface area (Å²) in [4.78, 5) is 21.9. The van der Waals surface area contributed by atoms with Crippen LogP contribution in [0.1, 0.15) is 53.4 Å². The molecule has 1 saturated heterocycles. The third-order valence-electron chi connectivity index (χ3n) is 7.18. The Labute approximate surface area is 223 Å². The Kier molecular flexibility index (Phi) is 6.34. The van der Waals surface area contributed by atoms with E-state index in [1.54, 1.807) is 18.6 Å². The molecule has 0 atom stereocenters. The lowest BCUT2D eigenvalue weighted by atomic mass is 9.94. The van der Waals surface area contributed by atoms with Crippen molar-refractivity contribution in [2.24, 2.45) is 5.92 Å². The van der Waals surface area contributed by atoms with Gasteiger partial charge in [-0.2, -0.15) is 0 Å². The minimum Gasteiger partial charge on any atom is -0.476 e. The van der Waals surface area contributed by atoms with Crippen LogP contribution in [0.2, 0.25) is 10.0 Å². The zero-order chi connectivity index (χ0) is 25.5. The number of hydrogen-bond acceptors (Lipinski definition) is 6. The van der Waals surface area contributed by atoms with Crippen LogP contribution in [0.25, 0.3) is 28.1 Å². The Morgan fingerprint density at radius 2 is 1.84 bits per heavy atom. The molecule has 1 N–H and O–H groups in total. The zero-order valence-corrected chi connectivity index (χ0v) is 21.4. The van der Waals surface area contributed by atoms with Crippen molar-refractivity contribution in [3.8, 4) is 11.3 Å². The second kappa shape index (κ2) is 9.80. The molecule has 2 fully saturated rings. The number of halogens is 2. The molecule has 0 bridgehead atoms. The number of carbonyl (C=O) groups is 1. The largest absolute Gasteiger partial charge is 0.476 e. The Balaban J connectivity index is 1.20. The molecule has 1 aliphatic carbocycles. The van der Waals surface area contributed by atoms with Crippen molar-refractivity contribution in [3.63, 3.8) is 0 Å². The first-order chi connectivity index (χ1) is 18.0. The number of hydrogen-bond donors (Lipinski definition) is 1. The molecule has 9 heteroatoms. The SMILES string of the molecule is O=C(O)c1nccc2cc(N3CCC(C=Cc4c(-c5c(Cl)cncc5Cl)noc4C4CC4)CC3)ccc12. The summed E-state index contributed by atoms with van der Waals surface area (Å²) in [6.45, 7) is 1.82. The molecule has 1 saturated carbocycles. The monoisotopic (exact) mass is 534 g/mol. The Morgan fingerprint density at radius 1 is 1.08 bits per heavy atom. The van der Waals surface area contributed by atoms with Crippen LogP contribution in [-0.4, -0.2) is 39.3 Å². The van der Waals surface area contributed by atoms with Crippen molar-refractivity contribution in [2.45, 2.75) is 31.6 Å². The molecule has 1 aliphatic heterocycles. The van der Waals surface area contributed by atoms with Crippen LogP contribution < -0.4 is 4.90 Å². The molecule has 188 valence electrons. The van der Waals surface area contributed by atoms with E-state index >= 15 is 0 Å². The lowest BCUT2D eigenvalue weighted by Gasteiger charge is -2.32. The molecule has 7 nitrogen and oxygen atoms in total. The molecule has 0 unspecified atom stereocenters. The lowest BCUT2D eigenvalue weighted by molar-refractivity contribution is 0.0693. The molecular formula is C28H24Cl2N4O3. The van der Waals surface area contributed by atoms with E-state index in [1.807, 2.05) is 24.3 Å². The minimum absolute atomic E-state index is 0.0842. The number of allylic oxidation sites excluding steroid dienone is 1. The molecule has 1 aromatic carbocycles. The Hall–Kier alpha value is -3.42. The van der Waals surface area contributed by atoms with Crippen LogP contribution in [0.5, 0.6) is 0 Å². The topological polar surface area (TPSA) is 92.3 Å². The molecule has 6 rings (SSSR count). The summed E-state index contributed by atoms with van der Waals surface area (Å²) in [7, 11) is 0. The fourth-order valence-corrected chi connectivity index (χ4v) is 5.59. The van der Waals surface area contributed by atoms with Crippen molar-refractivity contribution >= 4 is 51.7 Å². The van der Waals surface area contributed by atoms with E-state index in [0.29, 0.717) is 38.5 Å². The van der Waals surface area contributed by atoms with E-state index in [1.165, 1.54) is 0 Å². The summed E-state index contributed by atoms with van der Waals surface area (Å²) in [5, 5.41) is 16.2. The maximum absolute atomic E-state index is 11.5. The van der Waals surface area contributed by atoms with Gasteiger partial charge in [0.25, 0.3) is 0 Å². The number of carboxylic acids is 1. The number of aromatic carboxylic acids is 1. The minimum atomic E-state index is -1.01. The van der Waals surface area contributed by atoms with Gasteiger partial charge in [0.15, 0.2) is 5.69 Å². The first-order valence-electron chi connectivity index (χ1n) is 12.3. The van der Waals surface area contributed by atoms with Crippen LogP contribution >= 0.6 is 23.2 Å². The van der Waals surface area contributed by atoms with Gasteiger partial charge in [0.1, 0.15) is 11.5 Å². The zero-order valence-electron chi connectivity index (χ0n) is 19.9. The molecule has 4 heterocycles. The van der Waals surface area contributed by atoms with Crippen LogP contribution in [0.4, 0.5) is 5.69 Å². The van der Waals surface area contributed by atoms with Crippen molar-refractivity contribution in [1.29, 1.82) is 0 Å². The predicted molar refractivity (Wildman–Crippen MR) is 144 cm³/mol. The van der Waals surface area contributed by atoms with Gasteiger partial charge < -0.3 is 14.5 Å². The average molecular weight is 535 g/mol. The molecule has 2 aliphatic rings. The van der Waals surface area contributed by atoms with Crippen LogP contribution in [0.3, 0.4) is 0 Å². The highest BCUT2D eigenvalue weighted by molar-refractivity contribution is 6.39. The van der Waals surface area contributed by atoms with Gasteiger partial charge in [0.05, 0.1) is 10.0 Å².